The molecule has 0 spiro atoms. The third-order valence-corrected chi connectivity index (χ3v) is 10.6. The Morgan fingerprint density at radius 3 is 1.48 bits per heavy atom. The fourth-order valence-corrected chi connectivity index (χ4v) is 8.68. The van der Waals surface area contributed by atoms with Crippen LogP contribution in [0.25, 0.3) is 62.0 Å². The number of thiophene rings is 4. The van der Waals surface area contributed by atoms with Gasteiger partial charge in [-0.1, -0.05) is 0 Å². The van der Waals surface area contributed by atoms with Crippen molar-refractivity contribution < 1.29 is 0 Å². The molecule has 0 atom stereocenters. The highest BCUT2D eigenvalue weighted by molar-refractivity contribution is 7.32. The van der Waals surface area contributed by atoms with E-state index in [9.17, 15) is 0 Å². The molecule has 0 aliphatic carbocycles. The van der Waals surface area contributed by atoms with Crippen LogP contribution in [0, 0.1) is 13.8 Å². The molecule has 4 nitrogen and oxygen atoms in total. The molecule has 0 saturated carbocycles. The molecule has 0 unspecified atom stereocenters. The zero-order valence-corrected chi connectivity index (χ0v) is 20.4. The van der Waals surface area contributed by atoms with Crippen molar-refractivity contribution in [1.29, 1.82) is 0 Å². The number of hydrogen-bond acceptors (Lipinski definition) is 9. The molecule has 150 valence electrons. The quantitative estimate of drug-likeness (QED) is 0.244. The van der Waals surface area contributed by atoms with Crippen molar-refractivity contribution in [2.24, 2.45) is 0 Å². The van der Waals surface area contributed by atoms with Crippen LogP contribution >= 0.6 is 57.1 Å². The molecule has 6 heterocycles. The average molecular weight is 493 g/mol. The smallest absolute Gasteiger partial charge is 0.213 e. The van der Waals surface area contributed by atoms with Crippen LogP contribution in [0.15, 0.2) is 36.4 Å². The van der Waals surface area contributed by atoms with Gasteiger partial charge in [-0.3, -0.25) is 0 Å². The lowest BCUT2D eigenvalue weighted by Gasteiger charge is -2.00. The summed E-state index contributed by atoms with van der Waals surface area (Å²) in [5, 5.41) is 2.32. The Bertz CT molecular complexity index is 1650. The van der Waals surface area contributed by atoms with Crippen LogP contribution in [0.1, 0.15) is 9.75 Å². The van der Waals surface area contributed by atoms with Gasteiger partial charge in [-0.25, -0.2) is 9.97 Å². The van der Waals surface area contributed by atoms with Crippen LogP contribution in [0.2, 0.25) is 0 Å². The van der Waals surface area contributed by atoms with Gasteiger partial charge in [-0.2, -0.15) is 8.75 Å². The van der Waals surface area contributed by atoms with Crippen LogP contribution in [0.3, 0.4) is 0 Å². The monoisotopic (exact) mass is 492 g/mol. The lowest BCUT2D eigenvalue weighted by molar-refractivity contribution is 1.36. The van der Waals surface area contributed by atoms with E-state index in [0.717, 1.165) is 21.8 Å². The number of hydrogen-bond donors (Lipinski definition) is 0. The lowest BCUT2D eigenvalue weighted by atomic mass is 10.1. The highest BCUT2D eigenvalue weighted by Crippen LogP contribution is 2.48. The third-order valence-electron chi connectivity index (χ3n) is 5.26. The molecular formula is C22H12N4S5. The highest BCUT2D eigenvalue weighted by atomic mass is 32.1. The van der Waals surface area contributed by atoms with Gasteiger partial charge >= 0.3 is 0 Å². The Morgan fingerprint density at radius 1 is 0.581 bits per heavy atom. The van der Waals surface area contributed by atoms with Crippen molar-refractivity contribution in [1.82, 2.24) is 18.7 Å². The van der Waals surface area contributed by atoms with E-state index in [1.54, 1.807) is 0 Å². The Morgan fingerprint density at radius 2 is 1.06 bits per heavy atom. The highest BCUT2D eigenvalue weighted by Gasteiger charge is 2.20. The first kappa shape index (κ1) is 18.3. The molecule has 0 fully saturated rings. The van der Waals surface area contributed by atoms with E-state index in [0.29, 0.717) is 11.3 Å². The first-order valence-electron chi connectivity index (χ1n) is 9.57. The molecule has 7 rings (SSSR count). The largest absolute Gasteiger partial charge is 0.222 e. The number of nitrogens with zero attached hydrogens (tertiary/aromatic N) is 4. The molecule has 0 aliphatic rings. The second kappa shape index (κ2) is 6.60. The van der Waals surface area contributed by atoms with Crippen LogP contribution in [-0.4, -0.2) is 18.7 Å². The number of fused-ring (bicyclic) bond motifs is 7. The van der Waals surface area contributed by atoms with E-state index in [-0.39, 0.29) is 0 Å². The van der Waals surface area contributed by atoms with Crippen LogP contribution in [-0.2, 0) is 0 Å². The predicted molar refractivity (Wildman–Crippen MR) is 137 cm³/mol. The minimum absolute atomic E-state index is 0.627. The van der Waals surface area contributed by atoms with Gasteiger partial charge in [0.25, 0.3) is 0 Å². The maximum atomic E-state index is 4.91. The molecular weight excluding hydrogens is 481 g/mol. The maximum absolute atomic E-state index is 4.91. The fraction of sp³-hybridized carbons (Fsp3) is 0.0909. The van der Waals surface area contributed by atoms with E-state index in [2.05, 4.69) is 59.0 Å². The van der Waals surface area contributed by atoms with Crippen molar-refractivity contribution in [2.75, 3.05) is 0 Å². The van der Waals surface area contributed by atoms with E-state index in [1.165, 1.54) is 50.4 Å². The van der Waals surface area contributed by atoms with E-state index in [1.807, 2.05) is 45.3 Å². The molecule has 9 heteroatoms. The second-order valence-electron chi connectivity index (χ2n) is 7.36. The lowest BCUT2D eigenvalue weighted by Crippen LogP contribution is -1.87. The van der Waals surface area contributed by atoms with Crippen LogP contribution in [0.4, 0.5) is 0 Å². The summed E-state index contributed by atoms with van der Waals surface area (Å²) >= 11 is 8.54. The average Bonchev–Trinajstić information content (AvgIpc) is 3.54. The summed E-state index contributed by atoms with van der Waals surface area (Å²) in [7, 11) is 0. The molecule has 31 heavy (non-hydrogen) atoms. The third kappa shape index (κ3) is 2.74. The minimum Gasteiger partial charge on any atom is -0.222 e. The van der Waals surface area contributed by atoms with Gasteiger partial charge in [0.15, 0.2) is 0 Å². The van der Waals surface area contributed by atoms with Crippen molar-refractivity contribution in [3.63, 3.8) is 0 Å². The Hall–Kier alpha value is -2.30. The van der Waals surface area contributed by atoms with Crippen molar-refractivity contribution in [2.45, 2.75) is 13.8 Å². The summed E-state index contributed by atoms with van der Waals surface area (Å²) in [6.45, 7) is 4.31. The van der Waals surface area contributed by atoms with Gasteiger partial charge in [0.05, 0.1) is 21.1 Å². The molecule has 0 bridgehead atoms. The Kier molecular flexibility index (Phi) is 3.89. The van der Waals surface area contributed by atoms with E-state index >= 15 is 0 Å². The normalized spacial score (nSPS) is 12.2. The summed E-state index contributed by atoms with van der Waals surface area (Å²) < 4.78 is 11.3. The SMILES string of the molecule is Cc1ccc(-c2cc3c4nc5nsnc5nc4c4cc(-c5ccc(C)s5)sc4c3s2)s1. The molecule has 1 aromatic carbocycles. The molecule has 0 saturated heterocycles. The summed E-state index contributed by atoms with van der Waals surface area (Å²) in [4.78, 5) is 17.6. The molecule has 0 N–H and O–H groups in total. The van der Waals surface area contributed by atoms with Gasteiger partial charge in [0.2, 0.25) is 11.3 Å². The number of aromatic nitrogens is 4. The second-order valence-corrected chi connectivity index (χ2v) is 12.6. The molecule has 0 aliphatic heterocycles. The summed E-state index contributed by atoms with van der Waals surface area (Å²) in [5.74, 6) is 0. The number of aryl methyl sites for hydroxylation is 2. The van der Waals surface area contributed by atoms with Gasteiger partial charge < -0.3 is 0 Å². The van der Waals surface area contributed by atoms with Gasteiger partial charge in [0.1, 0.15) is 11.0 Å². The molecule has 7 aromatic rings. The van der Waals surface area contributed by atoms with Gasteiger partial charge in [0, 0.05) is 40.0 Å². The van der Waals surface area contributed by atoms with E-state index < -0.39 is 0 Å². The molecule has 6 aromatic heterocycles. The van der Waals surface area contributed by atoms with Gasteiger partial charge in [-0.15, -0.1) is 45.3 Å². The Labute approximate surface area is 196 Å². The molecule has 0 amide bonds. The van der Waals surface area contributed by atoms with Crippen molar-refractivity contribution in [3.05, 3.63) is 46.2 Å². The van der Waals surface area contributed by atoms with Crippen LogP contribution in [0.5, 0.6) is 0 Å². The number of rotatable bonds is 2. The predicted octanol–water partition coefficient (Wildman–Crippen LogP) is 8.14. The summed E-state index contributed by atoms with van der Waals surface area (Å²) in [5.41, 5.74) is 3.10. The van der Waals surface area contributed by atoms with Crippen molar-refractivity contribution >= 4 is 99.6 Å². The minimum atomic E-state index is 0.627. The first-order valence-corrected chi connectivity index (χ1v) is 13.6. The fourth-order valence-electron chi connectivity index (χ4n) is 3.86. The van der Waals surface area contributed by atoms with Gasteiger partial charge in [-0.05, 0) is 50.2 Å². The summed E-state index contributed by atoms with van der Waals surface area (Å²) in [6.07, 6.45) is 0. The Balaban J connectivity index is 1.63. The zero-order chi connectivity index (χ0) is 20.7. The van der Waals surface area contributed by atoms with Crippen molar-refractivity contribution in [3.8, 4) is 19.5 Å². The van der Waals surface area contributed by atoms with E-state index in [4.69, 9.17) is 9.97 Å². The van der Waals surface area contributed by atoms with Crippen LogP contribution < -0.4 is 0 Å². The number of benzene rings is 1. The standard InChI is InChI=1S/C22H12N4S5/c1-9-3-5-13(27-9)15-7-11-17-18(24-22-21(23-17)25-31-26-22)12-8-16(14-6-4-10(2)28-14)30-20(12)19(11)29-15/h3-8H,1-2H3. The first-order chi connectivity index (χ1) is 15.1. The maximum Gasteiger partial charge on any atom is 0.213 e. The molecule has 0 radical (unpaired) electrons. The topological polar surface area (TPSA) is 51.6 Å². The summed E-state index contributed by atoms with van der Waals surface area (Å²) in [6, 6.07) is 13.4. The zero-order valence-electron chi connectivity index (χ0n) is 16.3.